The Morgan fingerprint density at radius 1 is 1.00 bits per heavy atom. The molecule has 0 bridgehead atoms. The predicted molar refractivity (Wildman–Crippen MR) is 131 cm³/mol. The third kappa shape index (κ3) is 5.39. The number of nitrogens with zero attached hydrogens (tertiary/aromatic N) is 3. The molecule has 3 aromatic carbocycles. The number of hydrogen-bond acceptors (Lipinski definition) is 4. The Kier molecular flexibility index (Phi) is 6.93. The van der Waals surface area contributed by atoms with E-state index in [1.165, 1.54) is 17.3 Å². The molecule has 0 fully saturated rings. The molecule has 162 valence electrons. The Hall–Kier alpha value is -3.09. The first kappa shape index (κ1) is 22.1. The molecule has 4 aromatic rings. The van der Waals surface area contributed by atoms with E-state index in [0.29, 0.717) is 22.3 Å². The summed E-state index contributed by atoms with van der Waals surface area (Å²) < 4.78 is 2.02. The van der Waals surface area contributed by atoms with Gasteiger partial charge in [0.15, 0.2) is 5.16 Å². The second kappa shape index (κ2) is 10.0. The number of halogens is 1. The monoisotopic (exact) mass is 462 g/mol. The van der Waals surface area contributed by atoms with Crippen LogP contribution in [0.4, 0.5) is 5.69 Å². The maximum atomic E-state index is 12.5. The lowest BCUT2D eigenvalue weighted by Gasteiger charge is -2.11. The molecular weight excluding hydrogens is 440 g/mol. The van der Waals surface area contributed by atoms with E-state index in [1.54, 1.807) is 6.07 Å². The van der Waals surface area contributed by atoms with Crippen LogP contribution in [0.3, 0.4) is 0 Å². The minimum atomic E-state index is -0.127. The van der Waals surface area contributed by atoms with Gasteiger partial charge in [0.2, 0.25) is 5.91 Å². The molecule has 0 saturated carbocycles. The third-order valence-electron chi connectivity index (χ3n) is 4.99. The minimum Gasteiger partial charge on any atom is -0.325 e. The Balaban J connectivity index is 1.54. The van der Waals surface area contributed by atoms with Gasteiger partial charge in [0.25, 0.3) is 0 Å². The summed E-state index contributed by atoms with van der Waals surface area (Å²) in [6.45, 7) is 3.98. The molecule has 0 spiro atoms. The van der Waals surface area contributed by atoms with Crippen molar-refractivity contribution in [3.8, 4) is 5.69 Å². The van der Waals surface area contributed by atoms with Gasteiger partial charge in [-0.25, -0.2) is 0 Å². The number of carbonyl (C=O) groups excluding carboxylic acids is 1. The van der Waals surface area contributed by atoms with Gasteiger partial charge in [-0.05, 0) is 49.2 Å². The fourth-order valence-corrected chi connectivity index (χ4v) is 4.19. The average Bonchev–Trinajstić information content (AvgIpc) is 3.18. The molecule has 1 aromatic heterocycles. The first-order chi connectivity index (χ1) is 15.5. The Bertz CT molecular complexity index is 1220. The molecule has 5 nitrogen and oxygen atoms in total. The van der Waals surface area contributed by atoms with E-state index in [9.17, 15) is 4.79 Å². The van der Waals surface area contributed by atoms with E-state index in [4.69, 9.17) is 11.6 Å². The third-order valence-corrected chi connectivity index (χ3v) is 6.32. The number of rotatable bonds is 7. The van der Waals surface area contributed by atoms with Crippen LogP contribution < -0.4 is 5.32 Å². The molecular formula is C25H23ClN4OS. The number of aromatic nitrogens is 3. The summed E-state index contributed by atoms with van der Waals surface area (Å²) in [5, 5.41) is 13.0. The second-order valence-electron chi connectivity index (χ2n) is 7.53. The summed E-state index contributed by atoms with van der Waals surface area (Å²) >= 11 is 7.52. The number of thioether (sulfide) groups is 1. The van der Waals surface area contributed by atoms with Gasteiger partial charge in [-0.2, -0.15) is 0 Å². The van der Waals surface area contributed by atoms with Crippen molar-refractivity contribution in [3.63, 3.8) is 0 Å². The highest BCUT2D eigenvalue weighted by Crippen LogP contribution is 2.25. The molecule has 1 N–H and O–H groups in total. The largest absolute Gasteiger partial charge is 0.325 e. The van der Waals surface area contributed by atoms with Gasteiger partial charge in [-0.1, -0.05) is 77.5 Å². The fraction of sp³-hybridized carbons (Fsp3) is 0.160. The van der Waals surface area contributed by atoms with Crippen molar-refractivity contribution in [3.05, 3.63) is 100 Å². The molecule has 0 unspecified atom stereocenters. The molecule has 0 saturated heterocycles. The van der Waals surface area contributed by atoms with E-state index in [0.717, 1.165) is 22.6 Å². The molecule has 0 atom stereocenters. The van der Waals surface area contributed by atoms with Crippen LogP contribution >= 0.6 is 23.4 Å². The second-order valence-corrected chi connectivity index (χ2v) is 8.88. The predicted octanol–water partition coefficient (Wildman–Crippen LogP) is 5.86. The summed E-state index contributed by atoms with van der Waals surface area (Å²) in [4.78, 5) is 12.5. The molecule has 0 aliphatic heterocycles. The van der Waals surface area contributed by atoms with E-state index >= 15 is 0 Å². The van der Waals surface area contributed by atoms with Gasteiger partial charge in [0.1, 0.15) is 5.82 Å². The molecule has 7 heteroatoms. The lowest BCUT2D eigenvalue weighted by Crippen LogP contribution is -2.14. The maximum absolute atomic E-state index is 12.5. The fourth-order valence-electron chi connectivity index (χ4n) is 3.24. The molecule has 0 radical (unpaired) electrons. The van der Waals surface area contributed by atoms with Crippen LogP contribution in [0.25, 0.3) is 5.69 Å². The van der Waals surface area contributed by atoms with Crippen LogP contribution in [0.5, 0.6) is 0 Å². The summed E-state index contributed by atoms with van der Waals surface area (Å²) in [6, 6.07) is 23.9. The molecule has 32 heavy (non-hydrogen) atoms. The minimum absolute atomic E-state index is 0.127. The summed E-state index contributed by atoms with van der Waals surface area (Å²) in [6.07, 6.45) is 0.649. The zero-order valence-electron chi connectivity index (χ0n) is 17.9. The summed E-state index contributed by atoms with van der Waals surface area (Å²) in [5.74, 6) is 0.909. The zero-order valence-corrected chi connectivity index (χ0v) is 19.5. The lowest BCUT2D eigenvalue weighted by molar-refractivity contribution is -0.113. The standard InChI is InChI=1S/C25H23ClN4OS/c1-17-8-12-21(13-9-17)30-23(14-19-6-4-3-5-7-19)28-29-25(30)32-16-24(31)27-20-11-10-18(2)22(26)15-20/h3-13,15H,14,16H2,1-2H3,(H,27,31). The first-order valence-electron chi connectivity index (χ1n) is 10.2. The van der Waals surface area contributed by atoms with Crippen molar-refractivity contribution in [2.24, 2.45) is 0 Å². The van der Waals surface area contributed by atoms with Gasteiger partial charge in [-0.15, -0.1) is 10.2 Å². The quantitative estimate of drug-likeness (QED) is 0.349. The Morgan fingerprint density at radius 3 is 2.47 bits per heavy atom. The number of hydrogen-bond donors (Lipinski definition) is 1. The molecule has 4 rings (SSSR count). The van der Waals surface area contributed by atoms with E-state index < -0.39 is 0 Å². The molecule has 0 aliphatic carbocycles. The van der Waals surface area contributed by atoms with Gasteiger partial charge in [0, 0.05) is 22.8 Å². The highest BCUT2D eigenvalue weighted by atomic mass is 35.5. The van der Waals surface area contributed by atoms with Crippen molar-refractivity contribution in [1.82, 2.24) is 14.8 Å². The zero-order chi connectivity index (χ0) is 22.5. The van der Waals surface area contributed by atoms with Gasteiger partial charge in [-0.3, -0.25) is 9.36 Å². The normalized spacial score (nSPS) is 10.8. The summed E-state index contributed by atoms with van der Waals surface area (Å²) in [5.41, 5.74) is 4.95. The van der Waals surface area contributed by atoms with Gasteiger partial charge < -0.3 is 5.32 Å². The average molecular weight is 463 g/mol. The van der Waals surface area contributed by atoms with Crippen LogP contribution in [-0.4, -0.2) is 26.4 Å². The highest BCUT2D eigenvalue weighted by Gasteiger charge is 2.16. The number of benzene rings is 3. The van der Waals surface area contributed by atoms with Crippen LogP contribution in [0.1, 0.15) is 22.5 Å². The smallest absolute Gasteiger partial charge is 0.234 e. The van der Waals surface area contributed by atoms with Crippen LogP contribution in [0, 0.1) is 13.8 Å². The SMILES string of the molecule is Cc1ccc(-n2c(Cc3ccccc3)nnc2SCC(=O)Nc2ccc(C)c(Cl)c2)cc1. The molecule has 1 heterocycles. The van der Waals surface area contributed by atoms with E-state index in [-0.39, 0.29) is 11.7 Å². The Labute approximate surface area is 196 Å². The number of amides is 1. The van der Waals surface area contributed by atoms with Crippen LogP contribution in [0.15, 0.2) is 78.0 Å². The topological polar surface area (TPSA) is 59.8 Å². The van der Waals surface area contributed by atoms with Crippen molar-refractivity contribution < 1.29 is 4.79 Å². The molecule has 1 amide bonds. The highest BCUT2D eigenvalue weighted by molar-refractivity contribution is 7.99. The summed E-state index contributed by atoms with van der Waals surface area (Å²) in [7, 11) is 0. The van der Waals surface area contributed by atoms with Crippen LogP contribution in [0.2, 0.25) is 5.02 Å². The number of aryl methyl sites for hydroxylation is 2. The Morgan fingerprint density at radius 2 is 1.75 bits per heavy atom. The van der Waals surface area contributed by atoms with E-state index in [1.807, 2.05) is 54.0 Å². The number of nitrogens with one attached hydrogen (secondary N) is 1. The number of carbonyl (C=O) groups is 1. The van der Waals surface area contributed by atoms with Crippen LogP contribution in [-0.2, 0) is 11.2 Å². The first-order valence-corrected chi connectivity index (χ1v) is 11.6. The van der Waals surface area contributed by atoms with Gasteiger partial charge in [0.05, 0.1) is 5.75 Å². The molecule has 0 aliphatic rings. The van der Waals surface area contributed by atoms with Gasteiger partial charge >= 0.3 is 0 Å². The van der Waals surface area contributed by atoms with Crippen molar-refractivity contribution >= 4 is 35.0 Å². The maximum Gasteiger partial charge on any atom is 0.234 e. The number of anilines is 1. The van der Waals surface area contributed by atoms with E-state index in [2.05, 4.69) is 46.7 Å². The van der Waals surface area contributed by atoms with Crippen molar-refractivity contribution in [2.75, 3.05) is 11.1 Å². The van der Waals surface area contributed by atoms with Crippen molar-refractivity contribution in [2.45, 2.75) is 25.4 Å². The van der Waals surface area contributed by atoms with Crippen molar-refractivity contribution in [1.29, 1.82) is 0 Å². The lowest BCUT2D eigenvalue weighted by atomic mass is 10.1.